The average Bonchev–Trinajstić information content (AvgIpc) is 3.77. The van der Waals surface area contributed by atoms with Crippen LogP contribution >= 0.6 is 0 Å². The van der Waals surface area contributed by atoms with Crippen molar-refractivity contribution in [2.45, 2.75) is 146 Å². The molecule has 0 unspecified atom stereocenters. The molecule has 0 bridgehead atoms. The molecule has 0 radical (unpaired) electrons. The lowest BCUT2D eigenvalue weighted by Gasteiger charge is -2.15. The number of hydrogen-bond acceptors (Lipinski definition) is 12. The predicted molar refractivity (Wildman–Crippen MR) is 231 cm³/mol. The first-order chi connectivity index (χ1) is 24.2. The number of nitrogens with zero attached hydrogens (tertiary/aromatic N) is 10. The third kappa shape index (κ3) is 21.9. The average molecular weight is 795 g/mol. The molecule has 0 fully saturated rings. The van der Waals surface area contributed by atoms with Gasteiger partial charge in [-0.3, -0.25) is 28.8 Å². The number of nitrogen functional groups attached to an aromatic ring is 2. The summed E-state index contributed by atoms with van der Waals surface area (Å²) in [5.74, 6) is 0.718. The molecule has 0 saturated heterocycles. The van der Waals surface area contributed by atoms with Crippen LogP contribution in [0.5, 0.6) is 0 Å². The van der Waals surface area contributed by atoms with Gasteiger partial charge in [-0.2, -0.15) is 20.4 Å². The van der Waals surface area contributed by atoms with E-state index in [1.807, 2.05) is 65.1 Å². The van der Waals surface area contributed by atoms with Crippen molar-refractivity contribution in [1.82, 2.24) is 39.1 Å². The van der Waals surface area contributed by atoms with E-state index in [9.17, 15) is 15.0 Å². The van der Waals surface area contributed by atoms with E-state index in [1.54, 1.807) is 37.2 Å². The molecule has 0 spiro atoms. The Hall–Kier alpha value is -4.80. The molecule has 4 rings (SSSR count). The zero-order valence-electron chi connectivity index (χ0n) is 36.6. The third-order valence-electron chi connectivity index (χ3n) is 6.76. The zero-order valence-corrected chi connectivity index (χ0v) is 36.6. The Morgan fingerprint density at radius 2 is 1.11 bits per heavy atom. The summed E-state index contributed by atoms with van der Waals surface area (Å²) in [5, 5.41) is 36.8. The molecular formula is C39H78N12O5. The van der Waals surface area contributed by atoms with Gasteiger partial charge < -0.3 is 21.4 Å². The Labute approximate surface area is 337 Å². The Kier molecular flexibility index (Phi) is 24.1. The summed E-state index contributed by atoms with van der Waals surface area (Å²) in [6.07, 6.45) is 5.24. The van der Waals surface area contributed by atoms with Crippen LogP contribution in [-0.2, 0) is 54.7 Å². The van der Waals surface area contributed by atoms with Gasteiger partial charge in [-0.15, -0.1) is 4.91 Å². The number of rotatable bonds is 2. The van der Waals surface area contributed by atoms with E-state index >= 15 is 0 Å². The molecule has 324 valence electrons. The summed E-state index contributed by atoms with van der Waals surface area (Å²) < 4.78 is 6.75. The maximum Gasteiger partial charge on any atom is 0.310 e. The van der Waals surface area contributed by atoms with E-state index in [0.717, 1.165) is 35.7 Å². The van der Waals surface area contributed by atoms with Gasteiger partial charge in [0.2, 0.25) is 0 Å². The predicted octanol–water partition coefficient (Wildman–Crippen LogP) is 8.31. The fraction of sp³-hybridized carbons (Fsp3) is 0.692. The highest BCUT2D eigenvalue weighted by Gasteiger charge is 2.28. The minimum Gasteiger partial charge on any atom is -0.400 e. The number of hydrogen-bond donors (Lipinski definition) is 3. The Bertz CT molecular complexity index is 1680. The number of nitrogens with two attached hydrogens (primary N) is 2. The van der Waals surface area contributed by atoms with Crippen LogP contribution in [0.4, 0.5) is 17.2 Å². The first-order valence-corrected chi connectivity index (χ1v) is 17.4. The number of aromatic nitrogens is 8. The lowest BCUT2D eigenvalue weighted by atomic mass is 9.91. The lowest BCUT2D eigenvalue weighted by Crippen LogP contribution is -2.14. The van der Waals surface area contributed by atoms with Crippen molar-refractivity contribution in [2.24, 2.45) is 33.5 Å². The molecule has 0 aliphatic heterocycles. The van der Waals surface area contributed by atoms with Crippen LogP contribution in [0.15, 0.2) is 36.1 Å². The molecule has 4 aromatic heterocycles. The van der Waals surface area contributed by atoms with Crippen molar-refractivity contribution in [3.63, 3.8) is 0 Å². The van der Waals surface area contributed by atoms with Crippen molar-refractivity contribution in [2.75, 3.05) is 18.6 Å². The summed E-state index contributed by atoms with van der Waals surface area (Å²) in [7, 11) is 8.35. The standard InChI is InChI=1S/C8H13N3O2.2C8H15N3.C8H14N2.C4H9NO2.CH4O.2CH4/c1-8(2,3)7-6(11(12)13)5-10(4)9-7;1-8(2,3)7-6(9)5-11(4)10-7;1-8(2,3)6-5-7(9)11(4)10-6;1-8(2,3)7-5-6-10(4)9-7;1-4(2,3)7-5-6;1-2;;/h5H,1-4H3;2*5H,9H2,1-4H3;5-6H,1-4H3;1-3H3;2H,1H3;2*1H4. The lowest BCUT2D eigenvalue weighted by molar-refractivity contribution is -0.386. The van der Waals surface area contributed by atoms with E-state index in [1.165, 1.54) is 10.9 Å². The topological polar surface area (TPSA) is 225 Å². The van der Waals surface area contributed by atoms with Crippen molar-refractivity contribution in [1.29, 1.82) is 0 Å². The van der Waals surface area contributed by atoms with Gasteiger partial charge in [0.1, 0.15) is 23.3 Å². The van der Waals surface area contributed by atoms with Gasteiger partial charge in [0, 0.05) is 75.4 Å². The van der Waals surface area contributed by atoms with E-state index < -0.39 is 10.5 Å². The van der Waals surface area contributed by atoms with Crippen LogP contribution in [0.2, 0.25) is 0 Å². The SMILES string of the molecule is C.C.CC(C)(C)ON=O.CO.Cn1cc(N)c(C(C)(C)C)n1.Cn1cc([N+](=O)[O-])c(C(C)(C)C)n1.Cn1ccc(C(C)(C)C)n1.Cn1nc(C(C)(C)C)cc1N. The van der Waals surface area contributed by atoms with Gasteiger partial charge in [-0.05, 0) is 26.8 Å². The molecule has 4 heterocycles. The monoisotopic (exact) mass is 795 g/mol. The summed E-state index contributed by atoms with van der Waals surface area (Å²) in [6, 6.07) is 3.97. The first kappa shape index (κ1) is 57.9. The number of aryl methyl sites for hydroxylation is 4. The van der Waals surface area contributed by atoms with Crippen LogP contribution in [0, 0.1) is 15.0 Å². The number of aliphatic hydroxyl groups excluding tert-OH is 1. The normalized spacial score (nSPS) is 11.0. The highest BCUT2D eigenvalue weighted by atomic mass is 16.7. The molecule has 56 heavy (non-hydrogen) atoms. The molecule has 0 amide bonds. The number of nitro groups is 1. The Balaban J connectivity index is -0.000000299. The smallest absolute Gasteiger partial charge is 0.310 e. The fourth-order valence-corrected chi connectivity index (χ4v) is 4.01. The zero-order chi connectivity index (χ0) is 43.2. The summed E-state index contributed by atoms with van der Waals surface area (Å²) >= 11 is 0. The maximum absolute atomic E-state index is 10.6. The quantitative estimate of drug-likeness (QED) is 0.0993. The minimum absolute atomic E-state index is 0. The van der Waals surface area contributed by atoms with Crippen molar-refractivity contribution >= 4 is 17.2 Å². The van der Waals surface area contributed by atoms with Gasteiger partial charge in [0.25, 0.3) is 0 Å². The summed E-state index contributed by atoms with van der Waals surface area (Å²) in [4.78, 5) is 23.9. The van der Waals surface area contributed by atoms with Gasteiger partial charge in [0.15, 0.2) is 5.34 Å². The van der Waals surface area contributed by atoms with Crippen LogP contribution in [0.25, 0.3) is 0 Å². The van der Waals surface area contributed by atoms with Crippen molar-refractivity contribution < 1.29 is 14.9 Å². The summed E-state index contributed by atoms with van der Waals surface area (Å²) in [5.41, 5.74) is 15.5. The second kappa shape index (κ2) is 23.3. The minimum atomic E-state index is -0.429. The number of aliphatic hydroxyl groups is 1. The molecule has 0 aliphatic rings. The second-order valence-corrected chi connectivity index (χ2v) is 17.6. The first-order valence-electron chi connectivity index (χ1n) is 17.4. The molecule has 0 aromatic carbocycles. The number of anilines is 2. The van der Waals surface area contributed by atoms with Crippen LogP contribution in [0.1, 0.15) is 141 Å². The Morgan fingerprint density at radius 1 is 0.679 bits per heavy atom. The highest BCUT2D eigenvalue weighted by Crippen LogP contribution is 2.29. The van der Waals surface area contributed by atoms with Crippen LogP contribution < -0.4 is 11.5 Å². The maximum atomic E-state index is 10.6. The van der Waals surface area contributed by atoms with E-state index in [2.05, 4.69) is 99.0 Å². The molecule has 17 nitrogen and oxygen atoms in total. The van der Waals surface area contributed by atoms with Gasteiger partial charge in [-0.1, -0.05) is 97.9 Å². The molecule has 17 heteroatoms. The van der Waals surface area contributed by atoms with E-state index in [-0.39, 0.29) is 42.2 Å². The molecule has 4 aromatic rings. The fourth-order valence-electron chi connectivity index (χ4n) is 4.01. The molecular weight excluding hydrogens is 717 g/mol. The highest BCUT2D eigenvalue weighted by molar-refractivity contribution is 5.44. The van der Waals surface area contributed by atoms with E-state index in [0.29, 0.717) is 5.69 Å². The van der Waals surface area contributed by atoms with Crippen molar-refractivity contribution in [3.8, 4) is 0 Å². The van der Waals surface area contributed by atoms with Gasteiger partial charge in [-0.25, -0.2) is 0 Å². The van der Waals surface area contributed by atoms with Crippen LogP contribution in [0.3, 0.4) is 0 Å². The van der Waals surface area contributed by atoms with Crippen molar-refractivity contribution in [3.05, 3.63) is 68.5 Å². The van der Waals surface area contributed by atoms with Gasteiger partial charge >= 0.3 is 5.69 Å². The summed E-state index contributed by atoms with van der Waals surface area (Å²) in [6.45, 7) is 30.1. The van der Waals surface area contributed by atoms with E-state index in [4.69, 9.17) is 16.6 Å². The largest absolute Gasteiger partial charge is 0.400 e. The molecule has 5 N–H and O–H groups in total. The molecule has 0 saturated carbocycles. The Morgan fingerprint density at radius 3 is 1.29 bits per heavy atom. The second-order valence-electron chi connectivity index (χ2n) is 17.6. The van der Waals surface area contributed by atoms with Gasteiger partial charge in [0.05, 0.1) is 27.7 Å². The molecule has 0 aliphatic carbocycles. The third-order valence-corrected chi connectivity index (χ3v) is 6.76. The molecule has 0 atom stereocenters. The van der Waals surface area contributed by atoms with Crippen LogP contribution in [-0.4, -0.2) is 61.9 Å².